The van der Waals surface area contributed by atoms with E-state index >= 15 is 0 Å². The van der Waals surface area contributed by atoms with Gasteiger partial charge in [-0.15, -0.1) is 0 Å². The standard InChI is InChI=1S/C13H16ClNO2/c1-9(10-3-2-4-12(14)7-10)15-6-5-11(8-15)13(16)17/h2-4,7,9,11H,5-6,8H2,1H3,(H,16,17)/t9-,11+/m1/s1. The minimum absolute atomic E-state index is 0.220. The Morgan fingerprint density at radius 1 is 1.59 bits per heavy atom. The molecule has 0 amide bonds. The van der Waals surface area contributed by atoms with Gasteiger partial charge in [0.05, 0.1) is 5.92 Å². The van der Waals surface area contributed by atoms with Crippen molar-refractivity contribution >= 4 is 17.6 Å². The van der Waals surface area contributed by atoms with Crippen LogP contribution < -0.4 is 0 Å². The molecule has 1 saturated heterocycles. The number of carboxylic acids is 1. The van der Waals surface area contributed by atoms with E-state index in [0.29, 0.717) is 6.54 Å². The fourth-order valence-corrected chi connectivity index (χ4v) is 2.52. The molecule has 0 aromatic heterocycles. The highest BCUT2D eigenvalue weighted by Gasteiger charge is 2.30. The average Bonchev–Trinajstić information content (AvgIpc) is 2.77. The summed E-state index contributed by atoms with van der Waals surface area (Å²) in [7, 11) is 0. The van der Waals surface area contributed by atoms with Crippen LogP contribution in [0.1, 0.15) is 24.9 Å². The van der Waals surface area contributed by atoms with Gasteiger partial charge in [-0.3, -0.25) is 9.69 Å². The van der Waals surface area contributed by atoms with Crippen LogP contribution >= 0.6 is 11.6 Å². The quantitative estimate of drug-likeness (QED) is 0.901. The van der Waals surface area contributed by atoms with Gasteiger partial charge >= 0.3 is 5.97 Å². The number of nitrogens with zero attached hydrogens (tertiary/aromatic N) is 1. The van der Waals surface area contributed by atoms with E-state index in [0.717, 1.165) is 23.6 Å². The molecular weight excluding hydrogens is 238 g/mol. The Hall–Kier alpha value is -1.06. The maximum Gasteiger partial charge on any atom is 0.307 e. The molecule has 0 saturated carbocycles. The monoisotopic (exact) mass is 253 g/mol. The van der Waals surface area contributed by atoms with Crippen LogP contribution in [-0.4, -0.2) is 29.1 Å². The normalized spacial score (nSPS) is 22.6. The van der Waals surface area contributed by atoms with Crippen LogP contribution in [0.5, 0.6) is 0 Å². The lowest BCUT2D eigenvalue weighted by Gasteiger charge is -2.24. The molecule has 0 aliphatic carbocycles. The van der Waals surface area contributed by atoms with E-state index in [1.807, 2.05) is 24.3 Å². The van der Waals surface area contributed by atoms with Gasteiger partial charge in [-0.2, -0.15) is 0 Å². The van der Waals surface area contributed by atoms with Crippen molar-refractivity contribution in [1.82, 2.24) is 4.90 Å². The Balaban J connectivity index is 2.06. The second-order valence-corrected chi connectivity index (χ2v) is 4.99. The van der Waals surface area contributed by atoms with Crippen molar-refractivity contribution in [3.8, 4) is 0 Å². The number of likely N-dealkylation sites (tertiary alicyclic amines) is 1. The highest BCUT2D eigenvalue weighted by atomic mass is 35.5. The second kappa shape index (κ2) is 5.07. The molecule has 4 heteroatoms. The van der Waals surface area contributed by atoms with Crippen LogP contribution in [0.25, 0.3) is 0 Å². The molecule has 1 N–H and O–H groups in total. The van der Waals surface area contributed by atoms with E-state index in [-0.39, 0.29) is 12.0 Å². The van der Waals surface area contributed by atoms with Crippen molar-refractivity contribution in [3.05, 3.63) is 34.9 Å². The highest BCUT2D eigenvalue weighted by Crippen LogP contribution is 2.28. The number of aliphatic carboxylic acids is 1. The number of benzene rings is 1. The molecule has 92 valence electrons. The summed E-state index contributed by atoms with van der Waals surface area (Å²) in [6.07, 6.45) is 0.736. The van der Waals surface area contributed by atoms with Gasteiger partial charge in [0, 0.05) is 17.6 Å². The summed E-state index contributed by atoms with van der Waals surface area (Å²) in [5, 5.41) is 9.71. The molecule has 17 heavy (non-hydrogen) atoms. The van der Waals surface area contributed by atoms with Crippen LogP contribution in [0.15, 0.2) is 24.3 Å². The lowest BCUT2D eigenvalue weighted by molar-refractivity contribution is -0.141. The summed E-state index contributed by atoms with van der Waals surface area (Å²) in [6, 6.07) is 7.98. The molecule has 1 aliphatic rings. The zero-order chi connectivity index (χ0) is 12.4. The number of rotatable bonds is 3. The van der Waals surface area contributed by atoms with Crippen molar-refractivity contribution in [2.45, 2.75) is 19.4 Å². The first kappa shape index (κ1) is 12.4. The van der Waals surface area contributed by atoms with Crippen molar-refractivity contribution < 1.29 is 9.90 Å². The number of hydrogen-bond acceptors (Lipinski definition) is 2. The Morgan fingerprint density at radius 2 is 2.35 bits per heavy atom. The zero-order valence-corrected chi connectivity index (χ0v) is 10.5. The van der Waals surface area contributed by atoms with Gasteiger partial charge in [0.1, 0.15) is 0 Å². The lowest BCUT2D eigenvalue weighted by atomic mass is 10.1. The Morgan fingerprint density at radius 3 is 2.94 bits per heavy atom. The molecule has 2 rings (SSSR count). The van der Waals surface area contributed by atoms with E-state index in [9.17, 15) is 4.79 Å². The number of halogens is 1. The molecule has 1 fully saturated rings. The van der Waals surface area contributed by atoms with Crippen LogP contribution in [0.4, 0.5) is 0 Å². The van der Waals surface area contributed by atoms with E-state index in [1.165, 1.54) is 0 Å². The largest absolute Gasteiger partial charge is 0.481 e. The molecule has 0 radical (unpaired) electrons. The van der Waals surface area contributed by atoms with E-state index < -0.39 is 5.97 Å². The molecular formula is C13H16ClNO2. The van der Waals surface area contributed by atoms with Crippen LogP contribution in [0.2, 0.25) is 5.02 Å². The molecule has 0 unspecified atom stereocenters. The maximum absolute atomic E-state index is 10.9. The van der Waals surface area contributed by atoms with Crippen LogP contribution in [0.3, 0.4) is 0 Å². The van der Waals surface area contributed by atoms with Crippen molar-refractivity contribution in [2.75, 3.05) is 13.1 Å². The topological polar surface area (TPSA) is 40.5 Å². The van der Waals surface area contributed by atoms with Crippen LogP contribution in [0, 0.1) is 5.92 Å². The minimum atomic E-state index is -0.689. The molecule has 0 spiro atoms. The third kappa shape index (κ3) is 2.79. The first-order chi connectivity index (χ1) is 8.08. The minimum Gasteiger partial charge on any atom is -0.481 e. The van der Waals surface area contributed by atoms with Gasteiger partial charge in [0.15, 0.2) is 0 Å². The average molecular weight is 254 g/mol. The van der Waals surface area contributed by atoms with Gasteiger partial charge in [0.25, 0.3) is 0 Å². The fraction of sp³-hybridized carbons (Fsp3) is 0.462. The van der Waals surface area contributed by atoms with Crippen molar-refractivity contribution in [2.24, 2.45) is 5.92 Å². The van der Waals surface area contributed by atoms with Crippen LogP contribution in [-0.2, 0) is 4.79 Å². The number of carboxylic acid groups (broad SMARTS) is 1. The van der Waals surface area contributed by atoms with Gasteiger partial charge in [-0.05, 0) is 37.6 Å². The maximum atomic E-state index is 10.9. The fourth-order valence-electron chi connectivity index (χ4n) is 2.32. The first-order valence-corrected chi connectivity index (χ1v) is 6.18. The second-order valence-electron chi connectivity index (χ2n) is 4.55. The van der Waals surface area contributed by atoms with Gasteiger partial charge < -0.3 is 5.11 Å². The zero-order valence-electron chi connectivity index (χ0n) is 9.77. The van der Waals surface area contributed by atoms with Crippen molar-refractivity contribution in [3.63, 3.8) is 0 Å². The van der Waals surface area contributed by atoms with Gasteiger partial charge in [-0.25, -0.2) is 0 Å². The predicted octanol–water partition coefficient (Wildman–Crippen LogP) is 2.81. The first-order valence-electron chi connectivity index (χ1n) is 5.80. The molecule has 1 aliphatic heterocycles. The molecule has 3 nitrogen and oxygen atoms in total. The molecule has 1 heterocycles. The summed E-state index contributed by atoms with van der Waals surface area (Å²) >= 11 is 5.96. The van der Waals surface area contributed by atoms with E-state index in [1.54, 1.807) is 0 Å². The third-order valence-corrected chi connectivity index (χ3v) is 3.68. The highest BCUT2D eigenvalue weighted by molar-refractivity contribution is 6.30. The Kier molecular flexibility index (Phi) is 3.69. The summed E-state index contributed by atoms with van der Waals surface area (Å²) in [6.45, 7) is 3.56. The molecule has 1 aromatic rings. The summed E-state index contributed by atoms with van der Waals surface area (Å²) in [5.41, 5.74) is 1.14. The van der Waals surface area contributed by atoms with Crippen molar-refractivity contribution in [1.29, 1.82) is 0 Å². The smallest absolute Gasteiger partial charge is 0.307 e. The van der Waals surface area contributed by atoms with E-state index in [2.05, 4.69) is 11.8 Å². The lowest BCUT2D eigenvalue weighted by Crippen LogP contribution is -2.26. The number of carbonyl (C=O) groups is 1. The van der Waals surface area contributed by atoms with Gasteiger partial charge in [-0.1, -0.05) is 23.7 Å². The summed E-state index contributed by atoms with van der Waals surface area (Å²) in [4.78, 5) is 13.1. The third-order valence-electron chi connectivity index (χ3n) is 3.45. The predicted molar refractivity (Wildman–Crippen MR) is 67.2 cm³/mol. The summed E-state index contributed by atoms with van der Waals surface area (Å²) in [5.74, 6) is -0.914. The van der Waals surface area contributed by atoms with Gasteiger partial charge in [0.2, 0.25) is 0 Å². The summed E-state index contributed by atoms with van der Waals surface area (Å²) < 4.78 is 0. The Labute approximate surface area is 106 Å². The SMILES string of the molecule is C[C@H](c1cccc(Cl)c1)N1CC[C@H](C(=O)O)C1. The molecule has 0 bridgehead atoms. The molecule has 1 aromatic carbocycles. The Bertz CT molecular complexity index is 422. The number of hydrogen-bond donors (Lipinski definition) is 1. The molecule has 2 atom stereocenters. The van der Waals surface area contributed by atoms with E-state index in [4.69, 9.17) is 16.7 Å².